The predicted octanol–water partition coefficient (Wildman–Crippen LogP) is 5.18. The third kappa shape index (κ3) is 3.52. The molecule has 0 aliphatic rings. The molecule has 0 aliphatic carbocycles. The first-order valence-corrected chi connectivity index (χ1v) is 7.97. The third-order valence-electron chi connectivity index (χ3n) is 3.42. The van der Waals surface area contributed by atoms with Crippen molar-refractivity contribution in [1.29, 1.82) is 0 Å². The first-order chi connectivity index (χ1) is 9.91. The molecule has 5 heteroatoms. The van der Waals surface area contributed by atoms with Crippen molar-refractivity contribution >= 4 is 37.8 Å². The van der Waals surface area contributed by atoms with E-state index in [2.05, 4.69) is 31.9 Å². The zero-order valence-electron chi connectivity index (χ0n) is 11.6. The summed E-state index contributed by atoms with van der Waals surface area (Å²) in [6.45, 7) is 1.81. The van der Waals surface area contributed by atoms with Crippen molar-refractivity contribution in [3.8, 4) is 0 Å². The van der Waals surface area contributed by atoms with Crippen LogP contribution in [0.3, 0.4) is 0 Å². The van der Waals surface area contributed by atoms with Crippen LogP contribution in [0.2, 0.25) is 0 Å². The molecule has 0 saturated carbocycles. The number of nitrogens with zero attached hydrogens (tertiary/aromatic N) is 1. The topological polar surface area (TPSA) is 20.3 Å². The van der Waals surface area contributed by atoms with Crippen molar-refractivity contribution in [3.05, 3.63) is 68.4 Å². The van der Waals surface area contributed by atoms with Crippen molar-refractivity contribution in [2.24, 2.45) is 0 Å². The van der Waals surface area contributed by atoms with Crippen LogP contribution in [0.25, 0.3) is 0 Å². The summed E-state index contributed by atoms with van der Waals surface area (Å²) in [5.41, 5.74) is 1.04. The van der Waals surface area contributed by atoms with Crippen LogP contribution in [0.5, 0.6) is 0 Å². The minimum absolute atomic E-state index is 0.168. The third-order valence-corrected chi connectivity index (χ3v) is 4.60. The van der Waals surface area contributed by atoms with E-state index < -0.39 is 0 Å². The fourth-order valence-corrected chi connectivity index (χ4v) is 2.83. The van der Waals surface area contributed by atoms with Crippen molar-refractivity contribution < 1.29 is 9.18 Å². The van der Waals surface area contributed by atoms with E-state index in [-0.39, 0.29) is 17.8 Å². The van der Waals surface area contributed by atoms with E-state index in [0.717, 1.165) is 4.47 Å². The Morgan fingerprint density at radius 3 is 2.52 bits per heavy atom. The molecular weight excluding hydrogens is 401 g/mol. The molecule has 2 rings (SSSR count). The number of carbonyl (C=O) groups excluding carboxylic acids is 1. The highest BCUT2D eigenvalue weighted by Gasteiger charge is 2.22. The van der Waals surface area contributed by atoms with Gasteiger partial charge in [0.05, 0.1) is 11.6 Å². The number of hydrogen-bond donors (Lipinski definition) is 0. The van der Waals surface area contributed by atoms with Crippen molar-refractivity contribution in [3.63, 3.8) is 0 Å². The van der Waals surface area contributed by atoms with Gasteiger partial charge in [-0.25, -0.2) is 4.39 Å². The van der Waals surface area contributed by atoms with Crippen LogP contribution in [-0.2, 0) is 0 Å². The number of halogens is 3. The maximum absolute atomic E-state index is 13.9. The van der Waals surface area contributed by atoms with E-state index >= 15 is 0 Å². The highest BCUT2D eigenvalue weighted by Crippen LogP contribution is 2.27. The van der Waals surface area contributed by atoms with Gasteiger partial charge in [0.2, 0.25) is 0 Å². The Bertz CT molecular complexity index is 675. The Hall–Kier alpha value is -1.20. The van der Waals surface area contributed by atoms with Crippen molar-refractivity contribution in [2.45, 2.75) is 13.0 Å². The fourth-order valence-electron chi connectivity index (χ4n) is 2.05. The van der Waals surface area contributed by atoms with Gasteiger partial charge in [0.1, 0.15) is 5.82 Å². The summed E-state index contributed by atoms with van der Waals surface area (Å²) in [4.78, 5) is 14.1. The molecule has 0 fully saturated rings. The smallest absolute Gasteiger partial charge is 0.255 e. The summed E-state index contributed by atoms with van der Waals surface area (Å²) in [5.74, 6) is -0.475. The van der Waals surface area contributed by atoms with Gasteiger partial charge in [-0.1, -0.05) is 34.1 Å². The Balaban J connectivity index is 2.31. The van der Waals surface area contributed by atoms with E-state index in [9.17, 15) is 9.18 Å². The Kier molecular flexibility index (Phi) is 5.17. The van der Waals surface area contributed by atoms with Gasteiger partial charge in [-0.15, -0.1) is 0 Å². The minimum atomic E-state index is -0.357. The highest BCUT2D eigenvalue weighted by atomic mass is 79.9. The number of rotatable bonds is 3. The molecule has 0 spiro atoms. The van der Waals surface area contributed by atoms with E-state index in [4.69, 9.17) is 0 Å². The van der Waals surface area contributed by atoms with Gasteiger partial charge in [-0.2, -0.15) is 0 Å². The SMILES string of the molecule is CC(c1ccccc1F)N(C)C(=O)c1cc(Br)ccc1Br. The quantitative estimate of drug-likeness (QED) is 0.677. The minimum Gasteiger partial charge on any atom is -0.335 e. The van der Waals surface area contributed by atoms with Gasteiger partial charge in [-0.05, 0) is 47.1 Å². The molecule has 2 aromatic carbocycles. The van der Waals surface area contributed by atoms with Gasteiger partial charge < -0.3 is 4.90 Å². The molecule has 0 bridgehead atoms. The van der Waals surface area contributed by atoms with Crippen LogP contribution in [0.4, 0.5) is 4.39 Å². The molecule has 0 heterocycles. The molecular formula is C16H14Br2FNO. The normalized spacial score (nSPS) is 12.0. The lowest BCUT2D eigenvalue weighted by molar-refractivity contribution is 0.0739. The number of amides is 1. The van der Waals surface area contributed by atoms with E-state index in [0.29, 0.717) is 15.6 Å². The summed E-state index contributed by atoms with van der Waals surface area (Å²) >= 11 is 6.73. The first kappa shape index (κ1) is 16.2. The summed E-state index contributed by atoms with van der Waals surface area (Å²) in [6.07, 6.45) is 0. The van der Waals surface area contributed by atoms with Crippen LogP contribution in [0, 0.1) is 5.82 Å². The maximum Gasteiger partial charge on any atom is 0.255 e. The van der Waals surface area contributed by atoms with Gasteiger partial charge >= 0.3 is 0 Å². The molecule has 2 nitrogen and oxygen atoms in total. The van der Waals surface area contributed by atoms with E-state index in [1.165, 1.54) is 11.0 Å². The second-order valence-electron chi connectivity index (χ2n) is 4.74. The molecule has 110 valence electrons. The second-order valence-corrected chi connectivity index (χ2v) is 6.51. The van der Waals surface area contributed by atoms with Crippen molar-refractivity contribution in [2.75, 3.05) is 7.05 Å². The summed E-state index contributed by atoms with van der Waals surface area (Å²) in [6, 6.07) is 11.5. The van der Waals surface area contributed by atoms with Crippen LogP contribution < -0.4 is 0 Å². The number of carbonyl (C=O) groups is 1. The van der Waals surface area contributed by atoms with E-state index in [1.54, 1.807) is 37.4 Å². The monoisotopic (exact) mass is 413 g/mol. The lowest BCUT2D eigenvalue weighted by Crippen LogP contribution is -2.30. The summed E-state index contributed by atoms with van der Waals surface area (Å²) in [7, 11) is 1.67. The molecule has 2 aromatic rings. The first-order valence-electron chi connectivity index (χ1n) is 6.38. The van der Waals surface area contributed by atoms with E-state index in [1.807, 2.05) is 13.0 Å². The molecule has 0 radical (unpaired) electrons. The van der Waals surface area contributed by atoms with Gasteiger partial charge in [-0.3, -0.25) is 4.79 Å². The standard InChI is InChI=1S/C16H14Br2FNO/c1-10(12-5-3-4-6-15(12)19)20(2)16(21)13-9-11(17)7-8-14(13)18/h3-10H,1-2H3. The van der Waals surface area contributed by atoms with Crippen LogP contribution in [0.1, 0.15) is 28.9 Å². The average molecular weight is 415 g/mol. The molecule has 21 heavy (non-hydrogen) atoms. The average Bonchev–Trinajstić information content (AvgIpc) is 2.48. The molecule has 0 saturated heterocycles. The van der Waals surface area contributed by atoms with Crippen molar-refractivity contribution in [1.82, 2.24) is 4.90 Å². The van der Waals surface area contributed by atoms with Crippen LogP contribution in [0.15, 0.2) is 51.4 Å². The highest BCUT2D eigenvalue weighted by molar-refractivity contribution is 9.11. The summed E-state index contributed by atoms with van der Waals surface area (Å²) < 4.78 is 15.4. The molecule has 0 aromatic heterocycles. The zero-order valence-corrected chi connectivity index (χ0v) is 14.8. The predicted molar refractivity (Wildman–Crippen MR) is 88.8 cm³/mol. The molecule has 0 aliphatic heterocycles. The Labute approximate surface area is 140 Å². The lowest BCUT2D eigenvalue weighted by Gasteiger charge is -2.26. The second kappa shape index (κ2) is 6.71. The molecule has 0 N–H and O–H groups in total. The summed E-state index contributed by atoms with van der Waals surface area (Å²) in [5, 5.41) is 0. The van der Waals surface area contributed by atoms with Gasteiger partial charge in [0, 0.05) is 21.6 Å². The number of benzene rings is 2. The lowest BCUT2D eigenvalue weighted by atomic mass is 10.1. The Morgan fingerprint density at radius 2 is 1.86 bits per heavy atom. The fraction of sp³-hybridized carbons (Fsp3) is 0.188. The Morgan fingerprint density at radius 1 is 1.19 bits per heavy atom. The van der Waals surface area contributed by atoms with Gasteiger partial charge in [0.15, 0.2) is 0 Å². The molecule has 1 atom stereocenters. The van der Waals surface area contributed by atoms with Gasteiger partial charge in [0.25, 0.3) is 5.91 Å². The largest absolute Gasteiger partial charge is 0.335 e. The number of hydrogen-bond acceptors (Lipinski definition) is 1. The van der Waals surface area contributed by atoms with Crippen LogP contribution in [-0.4, -0.2) is 17.9 Å². The molecule has 1 amide bonds. The zero-order chi connectivity index (χ0) is 15.6. The maximum atomic E-state index is 13.9. The van der Waals surface area contributed by atoms with Crippen LogP contribution >= 0.6 is 31.9 Å². The molecule has 1 unspecified atom stereocenters.